The van der Waals surface area contributed by atoms with Crippen molar-refractivity contribution in [2.45, 2.75) is 39.2 Å². The Kier molecular flexibility index (Phi) is 5.96. The van der Waals surface area contributed by atoms with Gasteiger partial charge in [-0.3, -0.25) is 4.79 Å². The fourth-order valence-corrected chi connectivity index (χ4v) is 2.70. The number of hydrogen-bond acceptors (Lipinski definition) is 6. The van der Waals surface area contributed by atoms with E-state index in [1.165, 1.54) is 12.5 Å². The second kappa shape index (κ2) is 8.43. The molecule has 7 heteroatoms. The highest BCUT2D eigenvalue weighted by Gasteiger charge is 2.20. The van der Waals surface area contributed by atoms with E-state index >= 15 is 0 Å². The molecule has 1 atom stereocenters. The minimum absolute atomic E-state index is 0.0399. The third-order valence-corrected chi connectivity index (χ3v) is 4.39. The molecule has 1 N–H and O–H groups in total. The Labute approximate surface area is 169 Å². The largest absolute Gasteiger partial charge is 0.482 e. The molecule has 0 saturated heterocycles. The van der Waals surface area contributed by atoms with Crippen molar-refractivity contribution in [3.8, 4) is 17.2 Å². The van der Waals surface area contributed by atoms with Crippen molar-refractivity contribution in [3.05, 3.63) is 48.0 Å². The summed E-state index contributed by atoms with van der Waals surface area (Å²) in [7, 11) is 0. The van der Waals surface area contributed by atoms with Gasteiger partial charge in [0.2, 0.25) is 6.79 Å². The summed E-state index contributed by atoms with van der Waals surface area (Å²) < 4.78 is 21.1. The molecule has 2 aromatic rings. The molecule has 2 aromatic carbocycles. The zero-order valence-corrected chi connectivity index (χ0v) is 17.0. The van der Waals surface area contributed by atoms with Crippen LogP contribution in [-0.2, 0) is 19.7 Å². The molecule has 0 aromatic heterocycles. The number of nitrogens with one attached hydrogen (secondary N) is 1. The number of esters is 1. The summed E-state index contributed by atoms with van der Waals surface area (Å²) in [5.74, 6) is 0.658. The van der Waals surface area contributed by atoms with E-state index in [0.717, 1.165) is 0 Å². The first-order valence-electron chi connectivity index (χ1n) is 9.36. The van der Waals surface area contributed by atoms with Gasteiger partial charge in [-0.2, -0.15) is 0 Å². The summed E-state index contributed by atoms with van der Waals surface area (Å²) in [5, 5.41) is 2.68. The highest BCUT2D eigenvalue weighted by atomic mass is 16.7. The van der Waals surface area contributed by atoms with Crippen LogP contribution in [0.3, 0.4) is 0 Å². The number of hydrogen-bond donors (Lipinski definition) is 1. The van der Waals surface area contributed by atoms with Crippen LogP contribution in [0.5, 0.6) is 17.2 Å². The molecule has 1 aliphatic rings. The van der Waals surface area contributed by atoms with Crippen LogP contribution in [0.15, 0.2) is 42.5 Å². The quantitative estimate of drug-likeness (QED) is 0.747. The predicted octanol–water partition coefficient (Wildman–Crippen LogP) is 3.66. The molecule has 29 heavy (non-hydrogen) atoms. The van der Waals surface area contributed by atoms with E-state index in [9.17, 15) is 9.59 Å². The molecule has 154 valence electrons. The average Bonchev–Trinajstić information content (AvgIpc) is 3.13. The van der Waals surface area contributed by atoms with E-state index in [1.54, 1.807) is 18.2 Å². The van der Waals surface area contributed by atoms with Crippen molar-refractivity contribution in [1.82, 2.24) is 0 Å². The van der Waals surface area contributed by atoms with E-state index in [2.05, 4.69) is 26.1 Å². The number of rotatable bonds is 6. The molecule has 0 fully saturated rings. The van der Waals surface area contributed by atoms with Crippen molar-refractivity contribution in [2.75, 3.05) is 18.7 Å². The van der Waals surface area contributed by atoms with Crippen molar-refractivity contribution < 1.29 is 28.5 Å². The van der Waals surface area contributed by atoms with E-state index in [1.807, 2.05) is 24.3 Å². The molecule has 0 radical (unpaired) electrons. The first kappa shape index (κ1) is 20.5. The smallest absolute Gasteiger partial charge is 0.344 e. The zero-order chi connectivity index (χ0) is 21.0. The van der Waals surface area contributed by atoms with Gasteiger partial charge in [-0.15, -0.1) is 0 Å². The number of carbonyl (C=O) groups excluding carboxylic acids is 2. The molecule has 3 rings (SSSR count). The molecule has 0 saturated carbocycles. The second-order valence-corrected chi connectivity index (χ2v) is 7.75. The standard InChI is InChI=1S/C22H25NO6/c1-14(21(25)23-16-7-10-18-19(11-16)28-13-27-18)29-20(24)12-26-17-8-5-15(6-9-17)22(2,3)4/h5-11,14H,12-13H2,1-4H3,(H,23,25). The van der Waals surface area contributed by atoms with Gasteiger partial charge in [-0.1, -0.05) is 32.9 Å². The van der Waals surface area contributed by atoms with Gasteiger partial charge in [0.25, 0.3) is 5.91 Å². The van der Waals surface area contributed by atoms with Gasteiger partial charge in [-0.05, 0) is 42.2 Å². The summed E-state index contributed by atoms with van der Waals surface area (Å²) >= 11 is 0. The van der Waals surface area contributed by atoms with Crippen molar-refractivity contribution in [2.24, 2.45) is 0 Å². The number of benzene rings is 2. The Bertz CT molecular complexity index is 885. The Morgan fingerprint density at radius 2 is 1.76 bits per heavy atom. The first-order chi connectivity index (χ1) is 13.7. The maximum absolute atomic E-state index is 12.3. The Morgan fingerprint density at radius 1 is 1.07 bits per heavy atom. The molecule has 1 heterocycles. The van der Waals surface area contributed by atoms with E-state index in [4.69, 9.17) is 18.9 Å². The highest BCUT2D eigenvalue weighted by Crippen LogP contribution is 2.34. The van der Waals surface area contributed by atoms with Gasteiger partial charge in [0.15, 0.2) is 24.2 Å². The van der Waals surface area contributed by atoms with Crippen LogP contribution in [0, 0.1) is 0 Å². The third-order valence-electron chi connectivity index (χ3n) is 4.39. The molecule has 7 nitrogen and oxygen atoms in total. The summed E-state index contributed by atoms with van der Waals surface area (Å²) in [6, 6.07) is 12.6. The van der Waals surface area contributed by atoms with Crippen LogP contribution in [0.1, 0.15) is 33.3 Å². The normalized spacial score (nSPS) is 13.5. The molecule has 1 aliphatic heterocycles. The summed E-state index contributed by atoms with van der Waals surface area (Å²) in [4.78, 5) is 24.3. The minimum atomic E-state index is -0.972. The van der Waals surface area contributed by atoms with Crippen LogP contribution < -0.4 is 19.5 Å². The van der Waals surface area contributed by atoms with Crippen LogP contribution in [0.4, 0.5) is 5.69 Å². The number of ether oxygens (including phenoxy) is 4. The monoisotopic (exact) mass is 399 g/mol. The van der Waals surface area contributed by atoms with Crippen molar-refractivity contribution in [1.29, 1.82) is 0 Å². The SMILES string of the molecule is CC(OC(=O)COc1ccc(C(C)(C)C)cc1)C(=O)Nc1ccc2c(c1)OCO2. The highest BCUT2D eigenvalue weighted by molar-refractivity contribution is 5.95. The van der Waals surface area contributed by atoms with Gasteiger partial charge >= 0.3 is 5.97 Å². The number of amides is 1. The average molecular weight is 399 g/mol. The van der Waals surface area contributed by atoms with Crippen LogP contribution in [0.25, 0.3) is 0 Å². The predicted molar refractivity (Wildman–Crippen MR) is 107 cm³/mol. The van der Waals surface area contributed by atoms with Crippen LogP contribution in [-0.4, -0.2) is 31.4 Å². The van der Waals surface area contributed by atoms with Gasteiger partial charge in [0.05, 0.1) is 0 Å². The molecule has 0 aliphatic carbocycles. The zero-order valence-electron chi connectivity index (χ0n) is 17.0. The summed E-state index contributed by atoms with van der Waals surface area (Å²) in [6.45, 7) is 7.73. The van der Waals surface area contributed by atoms with Gasteiger partial charge in [-0.25, -0.2) is 4.79 Å². The van der Waals surface area contributed by atoms with Gasteiger partial charge < -0.3 is 24.3 Å². The van der Waals surface area contributed by atoms with Gasteiger partial charge in [0.1, 0.15) is 5.75 Å². The van der Waals surface area contributed by atoms with Gasteiger partial charge in [0, 0.05) is 11.8 Å². The summed E-state index contributed by atoms with van der Waals surface area (Å²) in [5.41, 5.74) is 1.73. The lowest BCUT2D eigenvalue weighted by atomic mass is 9.87. The lowest BCUT2D eigenvalue weighted by Crippen LogP contribution is -2.31. The van der Waals surface area contributed by atoms with Crippen LogP contribution >= 0.6 is 0 Å². The Morgan fingerprint density at radius 3 is 2.45 bits per heavy atom. The molecule has 1 amide bonds. The minimum Gasteiger partial charge on any atom is -0.482 e. The maximum atomic E-state index is 12.3. The lowest BCUT2D eigenvalue weighted by molar-refractivity contribution is -0.155. The number of anilines is 1. The second-order valence-electron chi connectivity index (χ2n) is 7.75. The van der Waals surface area contributed by atoms with Crippen molar-refractivity contribution >= 4 is 17.6 Å². The molecular weight excluding hydrogens is 374 g/mol. The topological polar surface area (TPSA) is 83.1 Å². The fourth-order valence-electron chi connectivity index (χ4n) is 2.70. The maximum Gasteiger partial charge on any atom is 0.344 e. The van der Waals surface area contributed by atoms with E-state index in [0.29, 0.717) is 22.9 Å². The first-order valence-corrected chi connectivity index (χ1v) is 9.36. The van der Waals surface area contributed by atoms with E-state index in [-0.39, 0.29) is 18.8 Å². The lowest BCUT2D eigenvalue weighted by Gasteiger charge is -2.19. The van der Waals surface area contributed by atoms with E-state index < -0.39 is 18.0 Å². The number of carbonyl (C=O) groups is 2. The molecule has 0 bridgehead atoms. The Hall–Kier alpha value is -3.22. The number of fused-ring (bicyclic) bond motifs is 1. The third kappa shape index (κ3) is 5.40. The fraction of sp³-hybridized carbons (Fsp3) is 0.364. The molecular formula is C22H25NO6. The van der Waals surface area contributed by atoms with Crippen LogP contribution in [0.2, 0.25) is 0 Å². The molecule has 0 spiro atoms. The Balaban J connectivity index is 1.46. The molecule has 1 unspecified atom stereocenters. The van der Waals surface area contributed by atoms with Crippen molar-refractivity contribution in [3.63, 3.8) is 0 Å². The summed E-state index contributed by atoms with van der Waals surface area (Å²) in [6.07, 6.45) is -0.972.